The Morgan fingerprint density at radius 3 is 2.70 bits per heavy atom. The van der Waals surface area contributed by atoms with Crippen LogP contribution in [0.5, 0.6) is 0 Å². The van der Waals surface area contributed by atoms with Crippen molar-refractivity contribution in [2.75, 3.05) is 6.54 Å². The van der Waals surface area contributed by atoms with E-state index in [1.54, 1.807) is 0 Å². The van der Waals surface area contributed by atoms with Gasteiger partial charge < -0.3 is 5.32 Å². The lowest BCUT2D eigenvalue weighted by Gasteiger charge is -2.27. The number of rotatable bonds is 6. The fourth-order valence-electron chi connectivity index (χ4n) is 3.12. The summed E-state index contributed by atoms with van der Waals surface area (Å²) in [6.07, 6.45) is 6.06. The molecule has 1 aromatic rings. The summed E-state index contributed by atoms with van der Waals surface area (Å²) in [7, 11) is 0. The van der Waals surface area contributed by atoms with Gasteiger partial charge in [0.1, 0.15) is 5.82 Å². The maximum atomic E-state index is 13.2. The van der Waals surface area contributed by atoms with Crippen molar-refractivity contribution in [3.63, 3.8) is 0 Å². The van der Waals surface area contributed by atoms with E-state index >= 15 is 0 Å². The van der Waals surface area contributed by atoms with Crippen molar-refractivity contribution in [2.24, 2.45) is 5.41 Å². The van der Waals surface area contributed by atoms with Crippen LogP contribution in [0.25, 0.3) is 0 Å². The van der Waals surface area contributed by atoms with Gasteiger partial charge in [0.15, 0.2) is 0 Å². The first-order chi connectivity index (χ1) is 9.56. The van der Waals surface area contributed by atoms with Crippen LogP contribution in [-0.2, 0) is 6.54 Å². The molecule has 0 heterocycles. The molecular formula is C15H21FN2O2. The zero-order valence-corrected chi connectivity index (χ0v) is 11.8. The monoisotopic (exact) mass is 280 g/mol. The standard InChI is InChI=1S/C15H21FN2O2/c1-2-15(7-3-4-8-15)11-17-10-12-9-13(16)5-6-14(12)18(19)20/h5-6,9,17H,2-4,7-8,10-11H2,1H3. The highest BCUT2D eigenvalue weighted by Crippen LogP contribution is 2.40. The van der Waals surface area contributed by atoms with Gasteiger partial charge in [-0.2, -0.15) is 0 Å². The Kier molecular flexibility index (Phi) is 4.70. The van der Waals surface area contributed by atoms with Crippen molar-refractivity contribution in [3.05, 3.63) is 39.7 Å². The third kappa shape index (κ3) is 3.33. The second kappa shape index (κ2) is 6.31. The smallest absolute Gasteiger partial charge is 0.274 e. The number of benzene rings is 1. The molecule has 0 bridgehead atoms. The van der Waals surface area contributed by atoms with Crippen molar-refractivity contribution in [1.82, 2.24) is 5.32 Å². The Bertz CT molecular complexity index is 485. The van der Waals surface area contributed by atoms with E-state index in [1.165, 1.54) is 37.8 Å². The van der Waals surface area contributed by atoms with Crippen LogP contribution in [0.4, 0.5) is 10.1 Å². The van der Waals surface area contributed by atoms with Gasteiger partial charge in [-0.05, 0) is 36.8 Å². The number of halogens is 1. The van der Waals surface area contributed by atoms with Gasteiger partial charge in [0.25, 0.3) is 5.69 Å². The summed E-state index contributed by atoms with van der Waals surface area (Å²) in [5.74, 6) is -0.432. The minimum Gasteiger partial charge on any atom is -0.312 e. The molecule has 0 spiro atoms. The molecule has 1 fully saturated rings. The van der Waals surface area contributed by atoms with Crippen molar-refractivity contribution in [2.45, 2.75) is 45.6 Å². The summed E-state index contributed by atoms with van der Waals surface area (Å²) >= 11 is 0. The van der Waals surface area contributed by atoms with Gasteiger partial charge in [0, 0.05) is 24.7 Å². The van der Waals surface area contributed by atoms with E-state index in [0.29, 0.717) is 17.5 Å². The highest BCUT2D eigenvalue weighted by Gasteiger charge is 2.31. The number of nitrogens with one attached hydrogen (secondary N) is 1. The molecule has 1 N–H and O–H groups in total. The number of nitro groups is 1. The average molecular weight is 280 g/mol. The molecule has 0 aromatic heterocycles. The molecule has 1 saturated carbocycles. The molecule has 110 valence electrons. The number of nitro benzene ring substituents is 1. The summed E-state index contributed by atoms with van der Waals surface area (Å²) in [5.41, 5.74) is 0.720. The number of hydrogen-bond acceptors (Lipinski definition) is 3. The zero-order chi connectivity index (χ0) is 14.6. The Balaban J connectivity index is 2.00. The first kappa shape index (κ1) is 14.9. The first-order valence-electron chi connectivity index (χ1n) is 7.20. The Morgan fingerprint density at radius 2 is 2.10 bits per heavy atom. The van der Waals surface area contributed by atoms with Gasteiger partial charge in [-0.1, -0.05) is 19.8 Å². The average Bonchev–Trinajstić information content (AvgIpc) is 2.88. The molecule has 4 nitrogen and oxygen atoms in total. The minimum atomic E-state index is -0.457. The van der Waals surface area contributed by atoms with E-state index in [2.05, 4.69) is 12.2 Å². The van der Waals surface area contributed by atoms with Crippen molar-refractivity contribution < 1.29 is 9.31 Å². The predicted octanol–water partition coefficient (Wildman–Crippen LogP) is 3.79. The van der Waals surface area contributed by atoms with E-state index in [1.807, 2.05) is 0 Å². The van der Waals surface area contributed by atoms with Crippen LogP contribution in [0, 0.1) is 21.3 Å². The van der Waals surface area contributed by atoms with Crippen LogP contribution >= 0.6 is 0 Å². The highest BCUT2D eigenvalue weighted by atomic mass is 19.1. The Morgan fingerprint density at radius 1 is 1.40 bits per heavy atom. The van der Waals surface area contributed by atoms with E-state index in [4.69, 9.17) is 0 Å². The first-order valence-corrected chi connectivity index (χ1v) is 7.20. The molecule has 0 amide bonds. The third-order valence-electron chi connectivity index (χ3n) is 4.47. The quantitative estimate of drug-likeness (QED) is 0.637. The molecule has 0 aliphatic heterocycles. The zero-order valence-electron chi connectivity index (χ0n) is 11.8. The number of hydrogen-bond donors (Lipinski definition) is 1. The van der Waals surface area contributed by atoms with Gasteiger partial charge in [-0.15, -0.1) is 0 Å². The van der Waals surface area contributed by atoms with E-state index in [-0.39, 0.29) is 5.69 Å². The van der Waals surface area contributed by atoms with Crippen LogP contribution < -0.4 is 5.32 Å². The summed E-state index contributed by atoms with van der Waals surface area (Å²) in [6, 6.07) is 3.61. The molecule has 1 aromatic carbocycles. The second-order valence-corrected chi connectivity index (χ2v) is 5.69. The lowest BCUT2D eigenvalue weighted by Crippen LogP contribution is -2.31. The van der Waals surface area contributed by atoms with Crippen LogP contribution in [0.2, 0.25) is 0 Å². The van der Waals surface area contributed by atoms with Crippen LogP contribution in [-0.4, -0.2) is 11.5 Å². The molecule has 0 radical (unpaired) electrons. The van der Waals surface area contributed by atoms with Crippen molar-refractivity contribution in [1.29, 1.82) is 0 Å². The van der Waals surface area contributed by atoms with Gasteiger partial charge in [-0.25, -0.2) is 4.39 Å². The van der Waals surface area contributed by atoms with Crippen LogP contribution in [0.15, 0.2) is 18.2 Å². The molecule has 1 aliphatic rings. The molecule has 2 rings (SSSR count). The fourth-order valence-corrected chi connectivity index (χ4v) is 3.12. The molecule has 5 heteroatoms. The molecule has 0 atom stereocenters. The van der Waals surface area contributed by atoms with Crippen LogP contribution in [0.1, 0.15) is 44.6 Å². The topological polar surface area (TPSA) is 55.2 Å². The van der Waals surface area contributed by atoms with E-state index < -0.39 is 10.7 Å². The Labute approximate surface area is 118 Å². The van der Waals surface area contributed by atoms with Crippen molar-refractivity contribution >= 4 is 5.69 Å². The second-order valence-electron chi connectivity index (χ2n) is 5.69. The van der Waals surface area contributed by atoms with Gasteiger partial charge in [0.2, 0.25) is 0 Å². The normalized spacial score (nSPS) is 17.3. The summed E-state index contributed by atoms with van der Waals surface area (Å²) < 4.78 is 13.2. The Hall–Kier alpha value is -1.49. The largest absolute Gasteiger partial charge is 0.312 e. The summed E-state index contributed by atoms with van der Waals surface area (Å²) in [4.78, 5) is 10.5. The third-order valence-corrected chi connectivity index (χ3v) is 4.47. The summed E-state index contributed by atoms with van der Waals surface area (Å²) in [6.45, 7) is 3.38. The highest BCUT2D eigenvalue weighted by molar-refractivity contribution is 5.40. The number of nitrogens with zero attached hydrogens (tertiary/aromatic N) is 1. The van der Waals surface area contributed by atoms with E-state index in [0.717, 1.165) is 19.0 Å². The van der Waals surface area contributed by atoms with E-state index in [9.17, 15) is 14.5 Å². The van der Waals surface area contributed by atoms with Gasteiger partial charge in [-0.3, -0.25) is 10.1 Å². The molecular weight excluding hydrogens is 259 g/mol. The van der Waals surface area contributed by atoms with Crippen molar-refractivity contribution in [3.8, 4) is 0 Å². The maximum absolute atomic E-state index is 13.2. The maximum Gasteiger partial charge on any atom is 0.274 e. The minimum absolute atomic E-state index is 0.0177. The molecule has 20 heavy (non-hydrogen) atoms. The SMILES string of the molecule is CCC1(CNCc2cc(F)ccc2[N+](=O)[O-])CCCC1. The fraction of sp³-hybridized carbons (Fsp3) is 0.600. The van der Waals surface area contributed by atoms with Gasteiger partial charge >= 0.3 is 0 Å². The summed E-state index contributed by atoms with van der Waals surface area (Å²) in [5, 5.41) is 14.2. The van der Waals surface area contributed by atoms with Gasteiger partial charge in [0.05, 0.1) is 4.92 Å². The molecule has 0 saturated heterocycles. The molecule has 1 aliphatic carbocycles. The lowest BCUT2D eigenvalue weighted by atomic mass is 9.83. The lowest BCUT2D eigenvalue weighted by molar-refractivity contribution is -0.385. The molecule has 0 unspecified atom stereocenters. The van der Waals surface area contributed by atoms with Crippen LogP contribution in [0.3, 0.4) is 0 Å². The predicted molar refractivity (Wildman–Crippen MR) is 76.0 cm³/mol.